The quantitative estimate of drug-likeness (QED) is 0.159. The van der Waals surface area contributed by atoms with Gasteiger partial charge >= 0.3 is 11.9 Å². The number of nitrogens with zero attached hydrogens (tertiary/aromatic N) is 1. The lowest BCUT2D eigenvalue weighted by molar-refractivity contribution is -0.150. The number of aliphatic hydroxyl groups is 3. The van der Waals surface area contributed by atoms with Crippen LogP contribution in [0, 0.1) is 24.7 Å². The molecule has 0 spiro atoms. The van der Waals surface area contributed by atoms with E-state index >= 15 is 0 Å². The Bertz CT molecular complexity index is 1310. The Morgan fingerprint density at radius 1 is 1.24 bits per heavy atom. The molecule has 9 atom stereocenters. The number of cyclic esters (lactones) is 1. The van der Waals surface area contributed by atoms with Crippen molar-refractivity contribution >= 4 is 18.0 Å². The van der Waals surface area contributed by atoms with Gasteiger partial charge in [-0.25, -0.2) is 9.78 Å². The number of epoxide rings is 1. The lowest BCUT2D eigenvalue weighted by atomic mass is 9.86. The number of methoxy groups -OCH3 is 1. The third-order valence-corrected chi connectivity index (χ3v) is 8.73. The van der Waals surface area contributed by atoms with E-state index in [4.69, 9.17) is 18.6 Å². The zero-order valence-corrected chi connectivity index (χ0v) is 27.4. The summed E-state index contributed by atoms with van der Waals surface area (Å²) in [5, 5.41) is 33.3. The van der Waals surface area contributed by atoms with Crippen molar-refractivity contribution in [3.63, 3.8) is 0 Å². The van der Waals surface area contributed by atoms with Crippen LogP contribution in [0.25, 0.3) is 6.08 Å². The first-order valence-electron chi connectivity index (χ1n) is 15.5. The fraction of sp³-hybridized carbons (Fsp3) is 0.571. The molecule has 45 heavy (non-hydrogen) atoms. The molecule has 0 radical (unpaired) electrons. The SMILES string of the molecule is COC(=O)C[C@@H]1CC=CC(=O)O[C@H]([C@H](C)[C@@H](O)C(C)=CC=CC(C)=Cc2coc(C)n2)C[C@H](O)[C@@]2(C)O[C@@H]2C=C[C@@H](C)[C@H](O)C1. The molecular formula is C35H49NO9. The number of hydrogen-bond donors (Lipinski definition) is 3. The van der Waals surface area contributed by atoms with Crippen molar-refractivity contribution in [3.05, 3.63) is 71.5 Å². The number of fused-ring (bicyclic) bond motifs is 1. The van der Waals surface area contributed by atoms with Crippen LogP contribution in [0.4, 0.5) is 0 Å². The summed E-state index contributed by atoms with van der Waals surface area (Å²) in [7, 11) is 1.32. The molecule has 2 aliphatic rings. The van der Waals surface area contributed by atoms with E-state index in [1.54, 1.807) is 46.1 Å². The van der Waals surface area contributed by atoms with Gasteiger partial charge in [0, 0.05) is 37.7 Å². The topological polar surface area (TPSA) is 152 Å². The highest BCUT2D eigenvalue weighted by Crippen LogP contribution is 2.43. The van der Waals surface area contributed by atoms with Crippen LogP contribution in [0.2, 0.25) is 0 Å². The minimum Gasteiger partial charge on any atom is -0.469 e. The van der Waals surface area contributed by atoms with Crippen molar-refractivity contribution in [2.45, 2.75) is 103 Å². The number of hydrogen-bond acceptors (Lipinski definition) is 10. The molecule has 0 saturated carbocycles. The summed E-state index contributed by atoms with van der Waals surface area (Å²) in [5.41, 5.74) is 1.41. The van der Waals surface area contributed by atoms with E-state index in [1.165, 1.54) is 13.2 Å². The Balaban J connectivity index is 1.79. The highest BCUT2D eigenvalue weighted by molar-refractivity contribution is 5.82. The molecule has 1 aromatic heterocycles. The second-order valence-electron chi connectivity index (χ2n) is 12.5. The molecular weight excluding hydrogens is 578 g/mol. The van der Waals surface area contributed by atoms with E-state index in [0.29, 0.717) is 24.3 Å². The van der Waals surface area contributed by atoms with E-state index in [0.717, 1.165) is 11.3 Å². The van der Waals surface area contributed by atoms with Crippen LogP contribution in [0.15, 0.2) is 64.4 Å². The van der Waals surface area contributed by atoms with Crippen LogP contribution < -0.4 is 0 Å². The summed E-state index contributed by atoms with van der Waals surface area (Å²) >= 11 is 0. The number of esters is 2. The molecule has 3 N–H and O–H groups in total. The van der Waals surface area contributed by atoms with Gasteiger partial charge in [-0.1, -0.05) is 50.3 Å². The summed E-state index contributed by atoms with van der Waals surface area (Å²) in [4.78, 5) is 29.2. The van der Waals surface area contributed by atoms with Gasteiger partial charge < -0.3 is 33.9 Å². The number of rotatable bonds is 8. The van der Waals surface area contributed by atoms with Gasteiger partial charge in [0.15, 0.2) is 5.89 Å². The fourth-order valence-electron chi connectivity index (χ4n) is 5.45. The highest BCUT2D eigenvalue weighted by Gasteiger charge is 2.56. The van der Waals surface area contributed by atoms with E-state index in [1.807, 2.05) is 44.2 Å². The molecule has 1 fully saturated rings. The smallest absolute Gasteiger partial charge is 0.330 e. The van der Waals surface area contributed by atoms with Gasteiger partial charge in [0.05, 0.1) is 25.4 Å². The number of aromatic nitrogens is 1. The molecule has 0 amide bonds. The highest BCUT2D eigenvalue weighted by atomic mass is 16.6. The van der Waals surface area contributed by atoms with E-state index in [-0.39, 0.29) is 30.8 Å². The monoisotopic (exact) mass is 627 g/mol. The zero-order valence-electron chi connectivity index (χ0n) is 27.4. The van der Waals surface area contributed by atoms with Gasteiger partial charge in [-0.3, -0.25) is 4.79 Å². The number of carbonyl (C=O) groups is 2. The summed E-state index contributed by atoms with van der Waals surface area (Å²) in [6, 6.07) is 0. The average Bonchev–Trinajstić information content (AvgIpc) is 3.50. The molecule has 0 unspecified atom stereocenters. The first-order valence-corrected chi connectivity index (χ1v) is 15.5. The van der Waals surface area contributed by atoms with Crippen molar-refractivity contribution in [3.8, 4) is 0 Å². The maximum absolute atomic E-state index is 13.0. The second-order valence-corrected chi connectivity index (χ2v) is 12.5. The van der Waals surface area contributed by atoms with Crippen LogP contribution in [-0.4, -0.2) is 75.5 Å². The largest absolute Gasteiger partial charge is 0.469 e. The fourth-order valence-corrected chi connectivity index (χ4v) is 5.45. The van der Waals surface area contributed by atoms with Crippen LogP contribution in [-0.2, 0) is 23.8 Å². The van der Waals surface area contributed by atoms with Crippen molar-refractivity contribution < 1.29 is 43.5 Å². The van der Waals surface area contributed by atoms with E-state index in [9.17, 15) is 24.9 Å². The van der Waals surface area contributed by atoms with Crippen molar-refractivity contribution in [2.75, 3.05) is 7.11 Å². The molecule has 10 heteroatoms. The molecule has 3 rings (SSSR count). The van der Waals surface area contributed by atoms with Gasteiger partial charge in [0.25, 0.3) is 0 Å². The van der Waals surface area contributed by atoms with Crippen molar-refractivity contribution in [2.24, 2.45) is 17.8 Å². The number of oxazole rings is 1. The molecule has 10 nitrogen and oxygen atoms in total. The molecule has 248 valence electrons. The lowest BCUT2D eigenvalue weighted by Gasteiger charge is -2.30. The normalized spacial score (nSPS) is 31.7. The number of aryl methyl sites for hydroxylation is 1. The molecule has 0 aromatic carbocycles. The molecule has 3 heterocycles. The molecule has 1 saturated heterocycles. The van der Waals surface area contributed by atoms with Crippen LogP contribution in [0.5, 0.6) is 0 Å². The van der Waals surface area contributed by atoms with Gasteiger partial charge in [-0.15, -0.1) is 0 Å². The molecule has 0 bridgehead atoms. The Morgan fingerprint density at radius 3 is 2.64 bits per heavy atom. The second kappa shape index (κ2) is 16.3. The number of allylic oxidation sites excluding steroid dienone is 5. The minimum absolute atomic E-state index is 0.0455. The molecule has 2 aliphatic heterocycles. The van der Waals surface area contributed by atoms with Crippen LogP contribution in [0.1, 0.15) is 71.9 Å². The van der Waals surface area contributed by atoms with Crippen LogP contribution >= 0.6 is 0 Å². The van der Waals surface area contributed by atoms with E-state index < -0.39 is 47.9 Å². The predicted molar refractivity (Wildman–Crippen MR) is 170 cm³/mol. The van der Waals surface area contributed by atoms with E-state index in [2.05, 4.69) is 4.98 Å². The summed E-state index contributed by atoms with van der Waals surface area (Å²) in [6.45, 7) is 10.9. The third kappa shape index (κ3) is 10.6. The molecule has 1 aromatic rings. The Kier molecular flexibility index (Phi) is 13.1. The Morgan fingerprint density at radius 2 is 1.98 bits per heavy atom. The van der Waals surface area contributed by atoms with Gasteiger partial charge in [-0.05, 0) is 56.8 Å². The Hall–Kier alpha value is -3.31. The van der Waals surface area contributed by atoms with Gasteiger partial charge in [0.1, 0.15) is 29.8 Å². The predicted octanol–water partition coefficient (Wildman–Crippen LogP) is 4.79. The zero-order chi connectivity index (χ0) is 33.3. The summed E-state index contributed by atoms with van der Waals surface area (Å²) < 4.78 is 21.7. The summed E-state index contributed by atoms with van der Waals surface area (Å²) in [5.74, 6) is -1.48. The van der Waals surface area contributed by atoms with Gasteiger partial charge in [0.2, 0.25) is 0 Å². The maximum atomic E-state index is 13.0. The standard InChI is InChI=1S/C35H49NO9/c1-21(16-27-20-43-25(5)36-27)10-8-11-23(3)34(41)24(4)29-19-30(38)35(6)31(45-35)15-14-22(2)28(37)17-26(18-33(40)42-7)12-9-13-32(39)44-29/h8-11,13-16,20,22,24,26,28-31,34,37-38,41H,12,17-19H2,1-7H3/t22-,24+,26-,28-,29+,30+,31-,34+,35-/m1/s1. The van der Waals surface area contributed by atoms with Crippen molar-refractivity contribution in [1.82, 2.24) is 4.98 Å². The summed E-state index contributed by atoms with van der Waals surface area (Å²) in [6.07, 6.45) is 12.5. The third-order valence-electron chi connectivity index (χ3n) is 8.73. The number of aliphatic hydroxyl groups excluding tert-OH is 3. The maximum Gasteiger partial charge on any atom is 0.330 e. The van der Waals surface area contributed by atoms with Crippen LogP contribution in [0.3, 0.4) is 0 Å². The lowest BCUT2D eigenvalue weighted by Crippen LogP contribution is -2.40. The number of carbonyl (C=O) groups excluding carboxylic acids is 2. The average molecular weight is 628 g/mol. The first kappa shape index (κ1) is 36.2. The first-order chi connectivity index (χ1) is 21.2. The minimum atomic E-state index is -0.988. The van der Waals surface area contributed by atoms with Gasteiger partial charge in [-0.2, -0.15) is 0 Å². The number of ether oxygens (including phenoxy) is 3. The van der Waals surface area contributed by atoms with Crippen molar-refractivity contribution in [1.29, 1.82) is 0 Å². The molecule has 0 aliphatic carbocycles. The Labute approximate surface area is 266 Å².